The average molecular weight is 258 g/mol. The maximum absolute atomic E-state index is 10.2. The number of carboxylic acid groups (broad SMARTS) is 1. The standard InChI is InChI=1S/C10H12BrNO2/c11-8-3-1-7(2-4-8)9(12)5-6-10(13)14/h1-4,9H,5-6,12H2,(H,13,14)/t9-/m0/s1. The van der Waals surface area contributed by atoms with Crippen LogP contribution in [0.1, 0.15) is 24.4 Å². The van der Waals surface area contributed by atoms with E-state index >= 15 is 0 Å². The lowest BCUT2D eigenvalue weighted by Crippen LogP contribution is -2.53. The van der Waals surface area contributed by atoms with Gasteiger partial charge in [-0.15, -0.1) is 0 Å². The third-order valence-corrected chi connectivity index (χ3v) is 2.57. The minimum Gasteiger partial charge on any atom is -0.550 e. The summed E-state index contributed by atoms with van der Waals surface area (Å²) in [4.78, 5) is 10.2. The van der Waals surface area contributed by atoms with Gasteiger partial charge in [0.25, 0.3) is 0 Å². The van der Waals surface area contributed by atoms with E-state index < -0.39 is 5.97 Å². The Morgan fingerprint density at radius 2 is 2.00 bits per heavy atom. The highest BCUT2D eigenvalue weighted by molar-refractivity contribution is 9.10. The van der Waals surface area contributed by atoms with Crippen LogP contribution in [0.25, 0.3) is 0 Å². The van der Waals surface area contributed by atoms with E-state index in [9.17, 15) is 9.90 Å². The number of carboxylic acids is 1. The molecule has 1 atom stereocenters. The van der Waals surface area contributed by atoms with E-state index in [0.717, 1.165) is 10.0 Å². The van der Waals surface area contributed by atoms with Crippen molar-refractivity contribution in [2.75, 3.05) is 0 Å². The molecule has 0 aliphatic heterocycles. The lowest BCUT2D eigenvalue weighted by molar-refractivity contribution is -0.428. The van der Waals surface area contributed by atoms with Gasteiger partial charge in [0.1, 0.15) is 6.04 Å². The Balaban J connectivity index is 2.56. The maximum Gasteiger partial charge on any atom is 0.110 e. The molecule has 0 saturated carbocycles. The summed E-state index contributed by atoms with van der Waals surface area (Å²) in [5, 5.41) is 10.2. The summed E-state index contributed by atoms with van der Waals surface area (Å²) in [7, 11) is 0. The molecular formula is C10H12BrNO2. The minimum atomic E-state index is -1.02. The molecule has 0 aliphatic rings. The summed E-state index contributed by atoms with van der Waals surface area (Å²) in [5.74, 6) is -1.02. The van der Waals surface area contributed by atoms with Crippen LogP contribution in [0.15, 0.2) is 28.7 Å². The van der Waals surface area contributed by atoms with Crippen molar-refractivity contribution in [3.63, 3.8) is 0 Å². The average Bonchev–Trinajstić information content (AvgIpc) is 2.15. The summed E-state index contributed by atoms with van der Waals surface area (Å²) in [6, 6.07) is 7.74. The number of hydrogen-bond acceptors (Lipinski definition) is 2. The van der Waals surface area contributed by atoms with E-state index in [4.69, 9.17) is 0 Å². The van der Waals surface area contributed by atoms with Crippen LogP contribution in [0.4, 0.5) is 0 Å². The van der Waals surface area contributed by atoms with Gasteiger partial charge in [0, 0.05) is 22.4 Å². The van der Waals surface area contributed by atoms with Crippen molar-refractivity contribution in [3.8, 4) is 0 Å². The summed E-state index contributed by atoms with van der Waals surface area (Å²) in [5.41, 5.74) is 4.95. The zero-order valence-corrected chi connectivity index (χ0v) is 9.29. The SMILES string of the molecule is [NH3+][C@@H](CCC(=O)[O-])c1ccc(Br)cc1. The van der Waals surface area contributed by atoms with Gasteiger partial charge in [-0.05, 0) is 18.6 Å². The van der Waals surface area contributed by atoms with Gasteiger partial charge in [0.05, 0.1) is 0 Å². The van der Waals surface area contributed by atoms with Crippen LogP contribution < -0.4 is 10.8 Å². The summed E-state index contributed by atoms with van der Waals surface area (Å²) < 4.78 is 1.01. The second-order valence-corrected chi connectivity index (χ2v) is 4.07. The third-order valence-electron chi connectivity index (χ3n) is 2.04. The first-order chi connectivity index (χ1) is 6.59. The molecule has 0 aromatic heterocycles. The number of quaternary nitrogens is 1. The number of benzene rings is 1. The molecule has 0 amide bonds. The van der Waals surface area contributed by atoms with Crippen LogP contribution >= 0.6 is 15.9 Å². The highest BCUT2D eigenvalue weighted by atomic mass is 79.9. The molecule has 14 heavy (non-hydrogen) atoms. The highest BCUT2D eigenvalue weighted by Crippen LogP contribution is 2.17. The normalized spacial score (nSPS) is 12.4. The Morgan fingerprint density at radius 3 is 2.50 bits per heavy atom. The van der Waals surface area contributed by atoms with E-state index in [0.29, 0.717) is 6.42 Å². The second-order valence-electron chi connectivity index (χ2n) is 3.16. The Kier molecular flexibility index (Phi) is 4.10. The number of rotatable bonds is 4. The van der Waals surface area contributed by atoms with Crippen molar-refractivity contribution < 1.29 is 15.6 Å². The predicted molar refractivity (Wildman–Crippen MR) is 54.0 cm³/mol. The van der Waals surface area contributed by atoms with Crippen molar-refractivity contribution >= 4 is 21.9 Å². The van der Waals surface area contributed by atoms with Gasteiger partial charge in [-0.3, -0.25) is 0 Å². The van der Waals surface area contributed by atoms with E-state index in [2.05, 4.69) is 21.7 Å². The molecule has 1 rings (SSSR count). The quantitative estimate of drug-likeness (QED) is 0.841. The van der Waals surface area contributed by atoms with Gasteiger partial charge >= 0.3 is 0 Å². The molecule has 0 saturated heterocycles. The first kappa shape index (κ1) is 11.2. The number of hydrogen-bond donors (Lipinski definition) is 1. The Labute approximate surface area is 91.1 Å². The number of carbonyl (C=O) groups excluding carboxylic acids is 1. The molecule has 4 heteroatoms. The van der Waals surface area contributed by atoms with Crippen molar-refractivity contribution in [2.24, 2.45) is 0 Å². The Bertz CT molecular complexity index is 310. The van der Waals surface area contributed by atoms with Crippen LogP contribution in [-0.2, 0) is 4.79 Å². The van der Waals surface area contributed by atoms with Crippen LogP contribution in [0.3, 0.4) is 0 Å². The molecule has 1 aromatic carbocycles. The molecule has 0 bridgehead atoms. The molecule has 0 aliphatic carbocycles. The molecule has 1 aromatic rings. The highest BCUT2D eigenvalue weighted by Gasteiger charge is 2.08. The monoisotopic (exact) mass is 257 g/mol. The van der Waals surface area contributed by atoms with Crippen molar-refractivity contribution in [3.05, 3.63) is 34.3 Å². The molecular weight excluding hydrogens is 246 g/mol. The van der Waals surface area contributed by atoms with E-state index in [1.807, 2.05) is 24.3 Å². The second kappa shape index (κ2) is 5.12. The molecule has 3 nitrogen and oxygen atoms in total. The molecule has 0 fully saturated rings. The van der Waals surface area contributed by atoms with E-state index in [1.54, 1.807) is 0 Å². The fraction of sp³-hybridized carbons (Fsp3) is 0.300. The molecule has 0 spiro atoms. The Morgan fingerprint density at radius 1 is 1.43 bits per heavy atom. The lowest BCUT2D eigenvalue weighted by Gasteiger charge is -2.09. The smallest absolute Gasteiger partial charge is 0.110 e. The molecule has 0 heterocycles. The molecule has 0 radical (unpaired) electrons. The fourth-order valence-corrected chi connectivity index (χ4v) is 1.46. The van der Waals surface area contributed by atoms with Crippen molar-refractivity contribution in [1.82, 2.24) is 0 Å². The fourth-order valence-electron chi connectivity index (χ4n) is 1.19. The van der Waals surface area contributed by atoms with Gasteiger partial charge in [0.2, 0.25) is 0 Å². The summed E-state index contributed by atoms with van der Waals surface area (Å²) in [6.45, 7) is 0. The first-order valence-electron chi connectivity index (χ1n) is 4.38. The molecule has 0 unspecified atom stereocenters. The zero-order valence-electron chi connectivity index (χ0n) is 7.70. The van der Waals surface area contributed by atoms with Gasteiger partial charge in [-0.2, -0.15) is 0 Å². The van der Waals surface area contributed by atoms with Gasteiger partial charge in [-0.1, -0.05) is 28.1 Å². The van der Waals surface area contributed by atoms with Crippen molar-refractivity contribution in [1.29, 1.82) is 0 Å². The van der Waals surface area contributed by atoms with Gasteiger partial charge < -0.3 is 15.6 Å². The summed E-state index contributed by atoms with van der Waals surface area (Å²) in [6.07, 6.45) is 0.578. The van der Waals surface area contributed by atoms with Gasteiger partial charge in [0.15, 0.2) is 0 Å². The minimum absolute atomic E-state index is 0.0148. The number of carbonyl (C=O) groups is 1. The van der Waals surface area contributed by atoms with E-state index in [1.165, 1.54) is 0 Å². The topological polar surface area (TPSA) is 67.8 Å². The molecule has 76 valence electrons. The van der Waals surface area contributed by atoms with E-state index in [-0.39, 0.29) is 12.5 Å². The number of halogens is 1. The van der Waals surface area contributed by atoms with Crippen LogP contribution in [0, 0.1) is 0 Å². The first-order valence-corrected chi connectivity index (χ1v) is 5.17. The molecule has 3 N–H and O–H groups in total. The Hall–Kier alpha value is -0.870. The van der Waals surface area contributed by atoms with Crippen molar-refractivity contribution in [2.45, 2.75) is 18.9 Å². The third kappa shape index (κ3) is 3.47. The maximum atomic E-state index is 10.2. The largest absolute Gasteiger partial charge is 0.550 e. The van der Waals surface area contributed by atoms with Gasteiger partial charge in [-0.25, -0.2) is 0 Å². The predicted octanol–water partition coefficient (Wildman–Crippen LogP) is 0.262. The van der Waals surface area contributed by atoms with Crippen LogP contribution in [-0.4, -0.2) is 5.97 Å². The lowest BCUT2D eigenvalue weighted by atomic mass is 10.0. The summed E-state index contributed by atoms with van der Waals surface area (Å²) >= 11 is 3.33. The van der Waals surface area contributed by atoms with Crippen LogP contribution in [0.2, 0.25) is 0 Å². The van der Waals surface area contributed by atoms with Crippen LogP contribution in [0.5, 0.6) is 0 Å². The zero-order chi connectivity index (χ0) is 10.6. The number of aliphatic carboxylic acids is 1.